The number of carboxylic acids is 1. The van der Waals surface area contributed by atoms with E-state index in [1.807, 2.05) is 0 Å². The van der Waals surface area contributed by atoms with Crippen LogP contribution >= 0.6 is 35.3 Å². The summed E-state index contributed by atoms with van der Waals surface area (Å²) in [5.41, 5.74) is 0.376. The number of hydrogen-bond donors (Lipinski definition) is 3. The van der Waals surface area contributed by atoms with Gasteiger partial charge >= 0.3 is 5.97 Å². The van der Waals surface area contributed by atoms with E-state index >= 15 is 0 Å². The Balaban J connectivity index is 1.28. The average Bonchev–Trinajstić information content (AvgIpc) is 3.42. The Morgan fingerprint density at radius 1 is 1.21 bits per heavy atom. The zero-order chi connectivity index (χ0) is 29.7. The van der Waals surface area contributed by atoms with Gasteiger partial charge in [-0.25, -0.2) is 14.5 Å². The van der Waals surface area contributed by atoms with Gasteiger partial charge in [-0.2, -0.15) is 0 Å². The molecule has 3 unspecified atom stereocenters. The number of aromatic nitrogens is 6. The number of ketones is 1. The summed E-state index contributed by atoms with van der Waals surface area (Å²) in [5, 5.41) is 27.6. The summed E-state index contributed by atoms with van der Waals surface area (Å²) in [4.78, 5) is 51.5. The fraction of sp³-hybridized carbons (Fsp3) is 0.320. The molecule has 4 heterocycles. The highest BCUT2D eigenvalue weighted by molar-refractivity contribution is 8.14. The summed E-state index contributed by atoms with van der Waals surface area (Å²) < 4.78 is 7.09. The molecule has 14 nitrogen and oxygen atoms in total. The van der Waals surface area contributed by atoms with Crippen molar-refractivity contribution in [2.24, 2.45) is 18.0 Å². The van der Waals surface area contributed by atoms with Crippen LogP contribution < -0.4 is 10.6 Å². The number of aryl methyl sites for hydroxylation is 1. The number of carboxylic acid groups (broad SMARTS) is 1. The number of Topliss-reactive ketones (excluding diaryl/α,β-unsaturated/α-hetero) is 1. The highest BCUT2D eigenvalue weighted by Gasteiger charge is 2.67. The number of pyridine rings is 2. The molecule has 3 atom stereocenters. The van der Waals surface area contributed by atoms with Gasteiger partial charge in [-0.3, -0.25) is 19.6 Å². The molecular formula is C25H25N9O5S3. The molecule has 2 aliphatic rings. The molecule has 17 heteroatoms. The number of nitrogens with one attached hydrogen (secondary N) is 2. The van der Waals surface area contributed by atoms with Crippen molar-refractivity contribution >= 4 is 69.5 Å². The van der Waals surface area contributed by atoms with E-state index in [1.165, 1.54) is 35.3 Å². The Bertz CT molecular complexity index is 1540. The average molecular weight is 628 g/mol. The summed E-state index contributed by atoms with van der Waals surface area (Å²) in [7, 11) is 3.02. The monoisotopic (exact) mass is 627 g/mol. The van der Waals surface area contributed by atoms with Crippen LogP contribution in [0.25, 0.3) is 0 Å². The minimum absolute atomic E-state index is 0.0380. The van der Waals surface area contributed by atoms with Crippen molar-refractivity contribution in [3.05, 3.63) is 60.2 Å². The highest BCUT2D eigenvalue weighted by atomic mass is 32.2. The third-order valence-electron chi connectivity index (χ3n) is 6.48. The topological polar surface area (TPSA) is 186 Å². The summed E-state index contributed by atoms with van der Waals surface area (Å²) >= 11 is 3.81. The van der Waals surface area contributed by atoms with Gasteiger partial charge < -0.3 is 20.5 Å². The Kier molecular flexibility index (Phi) is 9.20. The van der Waals surface area contributed by atoms with Crippen molar-refractivity contribution in [1.29, 1.82) is 0 Å². The maximum atomic E-state index is 13.5. The maximum absolute atomic E-state index is 13.5. The van der Waals surface area contributed by atoms with Crippen molar-refractivity contribution in [1.82, 2.24) is 35.5 Å². The molecular weight excluding hydrogens is 603 g/mol. The molecule has 1 fully saturated rings. The first kappa shape index (κ1) is 29.7. The van der Waals surface area contributed by atoms with Crippen LogP contribution in [0.5, 0.6) is 0 Å². The molecule has 1 amide bonds. The normalized spacial score (nSPS) is 21.9. The Morgan fingerprint density at radius 2 is 1.93 bits per heavy atom. The molecule has 3 aromatic rings. The number of tetrazole rings is 1. The van der Waals surface area contributed by atoms with E-state index in [4.69, 9.17) is 4.74 Å². The molecule has 0 aromatic carbocycles. The Morgan fingerprint density at radius 3 is 2.57 bits per heavy atom. The van der Waals surface area contributed by atoms with Crippen molar-refractivity contribution in [3.8, 4) is 0 Å². The van der Waals surface area contributed by atoms with Crippen LogP contribution in [0.15, 0.2) is 70.3 Å². The number of aliphatic imine (C=N–C) groups is 1. The van der Waals surface area contributed by atoms with Gasteiger partial charge in [0.1, 0.15) is 0 Å². The van der Waals surface area contributed by atoms with E-state index in [1.54, 1.807) is 56.1 Å². The van der Waals surface area contributed by atoms with Crippen LogP contribution in [0.1, 0.15) is 0 Å². The molecule has 3 aromatic heterocycles. The molecule has 1 saturated carbocycles. The number of rotatable bonds is 10. The molecule has 1 aliphatic carbocycles. The van der Waals surface area contributed by atoms with Gasteiger partial charge in [0.2, 0.25) is 16.8 Å². The predicted molar refractivity (Wildman–Crippen MR) is 158 cm³/mol. The third kappa shape index (κ3) is 6.18. The van der Waals surface area contributed by atoms with Gasteiger partial charge in [-0.15, -0.1) is 16.9 Å². The van der Waals surface area contributed by atoms with Crippen molar-refractivity contribution in [2.75, 3.05) is 29.7 Å². The first-order valence-electron chi connectivity index (χ1n) is 12.4. The van der Waals surface area contributed by atoms with Crippen molar-refractivity contribution in [3.63, 3.8) is 0 Å². The lowest BCUT2D eigenvalue weighted by Gasteiger charge is -2.53. The number of fused-ring (bicyclic) bond motifs is 1. The minimum Gasteiger partial charge on any atom is -0.478 e. The number of aliphatic carboxylic acids is 1. The summed E-state index contributed by atoms with van der Waals surface area (Å²) in [6, 6.07) is 6.99. The summed E-state index contributed by atoms with van der Waals surface area (Å²) in [5.74, 6) is -2.48. The molecule has 0 spiro atoms. The fourth-order valence-electron chi connectivity index (χ4n) is 4.50. The summed E-state index contributed by atoms with van der Waals surface area (Å²) in [6.07, 6.45) is 6.48. The predicted octanol–water partition coefficient (Wildman–Crippen LogP) is 1.78. The van der Waals surface area contributed by atoms with Crippen LogP contribution in [-0.4, -0.2) is 93.5 Å². The molecule has 3 N–H and O–H groups in total. The maximum Gasteiger partial charge on any atom is 0.332 e. The number of carbonyl (C=O) groups is 3. The van der Waals surface area contributed by atoms with E-state index in [9.17, 15) is 19.5 Å². The number of carbonyl (C=O) groups excluding carboxylic acids is 2. The molecule has 5 rings (SSSR count). The van der Waals surface area contributed by atoms with E-state index in [0.29, 0.717) is 33.1 Å². The number of hydrogen-bond acceptors (Lipinski definition) is 13. The molecule has 218 valence electrons. The number of amidine groups is 1. The quantitative estimate of drug-likeness (QED) is 0.128. The SMILES string of the molecule is COC1(NC(=O)CSC(=Nc2ccncc2)Nc2ccncc2)C(=O)C2C(C(=O)O)=C(CSc3nnnn3C)CSC21. The van der Waals surface area contributed by atoms with Crippen LogP contribution in [-0.2, 0) is 26.2 Å². The van der Waals surface area contributed by atoms with Gasteiger partial charge in [0, 0.05) is 61.7 Å². The molecule has 0 radical (unpaired) electrons. The Labute approximate surface area is 252 Å². The zero-order valence-corrected chi connectivity index (χ0v) is 24.8. The minimum atomic E-state index is -1.64. The third-order valence-corrected chi connectivity index (χ3v) is 9.93. The molecule has 42 heavy (non-hydrogen) atoms. The number of amides is 1. The van der Waals surface area contributed by atoms with Crippen LogP contribution in [0.3, 0.4) is 0 Å². The first-order valence-corrected chi connectivity index (χ1v) is 15.5. The zero-order valence-electron chi connectivity index (χ0n) is 22.3. The van der Waals surface area contributed by atoms with Gasteiger partial charge in [-0.1, -0.05) is 23.5 Å². The number of methoxy groups -OCH3 is 1. The number of anilines is 1. The lowest BCUT2D eigenvalue weighted by molar-refractivity contribution is -0.171. The van der Waals surface area contributed by atoms with Gasteiger partial charge in [0.15, 0.2) is 11.0 Å². The van der Waals surface area contributed by atoms with Crippen LogP contribution in [0.2, 0.25) is 0 Å². The lowest BCUT2D eigenvalue weighted by atomic mass is 9.68. The highest BCUT2D eigenvalue weighted by Crippen LogP contribution is 2.51. The molecule has 1 aliphatic heterocycles. The van der Waals surface area contributed by atoms with Gasteiger partial charge in [0.05, 0.1) is 22.6 Å². The second-order valence-electron chi connectivity index (χ2n) is 9.03. The van der Waals surface area contributed by atoms with Gasteiger partial charge in [0.25, 0.3) is 0 Å². The standard InChI is InChI=1S/C25H25N9O5S3/c1-34-24(31-32-33-34)42-12-14-11-40-21-19(18(14)22(37)38)20(36)25(21,39-2)30-17(35)13-41-23(28-15-3-7-26-8-4-15)29-16-5-9-27-10-6-16/h3-10,19,21H,11-13H2,1-2H3,(H,30,35)(H,37,38)(H,26,27,28,29). The van der Waals surface area contributed by atoms with Gasteiger partial charge in [-0.05, 0) is 40.3 Å². The van der Waals surface area contributed by atoms with E-state index in [-0.39, 0.29) is 11.3 Å². The second-order valence-corrected chi connectivity index (χ2v) is 12.1. The van der Waals surface area contributed by atoms with E-state index < -0.39 is 34.6 Å². The second kappa shape index (κ2) is 13.0. The smallest absolute Gasteiger partial charge is 0.332 e. The number of nitrogens with zero attached hydrogens (tertiary/aromatic N) is 7. The first-order chi connectivity index (χ1) is 20.3. The van der Waals surface area contributed by atoms with Crippen molar-refractivity contribution < 1.29 is 24.2 Å². The van der Waals surface area contributed by atoms with Crippen LogP contribution in [0, 0.1) is 5.92 Å². The molecule has 0 bridgehead atoms. The largest absolute Gasteiger partial charge is 0.478 e. The fourth-order valence-corrected chi connectivity index (χ4v) is 7.80. The Hall–Kier alpha value is -3.80. The number of thioether (sulfide) groups is 3. The van der Waals surface area contributed by atoms with Crippen LogP contribution in [0.4, 0.5) is 11.4 Å². The number of ether oxygens (including phenoxy) is 1. The van der Waals surface area contributed by atoms with Crippen molar-refractivity contribution in [2.45, 2.75) is 16.1 Å². The van der Waals surface area contributed by atoms with E-state index in [2.05, 4.69) is 41.1 Å². The molecule has 0 saturated heterocycles. The lowest BCUT2D eigenvalue weighted by Crippen LogP contribution is -2.76. The summed E-state index contributed by atoms with van der Waals surface area (Å²) in [6.45, 7) is 0. The van der Waals surface area contributed by atoms with E-state index in [0.717, 1.165) is 17.4 Å².